The summed E-state index contributed by atoms with van der Waals surface area (Å²) in [7, 11) is 0. The number of carbonyl (C=O) groups excluding carboxylic acids is 2. The fourth-order valence-corrected chi connectivity index (χ4v) is 3.08. The minimum Gasteiger partial charge on any atom is -0.487 e. The number of hydrogen-bond donors (Lipinski definition) is 1. The first-order valence-electron chi connectivity index (χ1n) is 9.83. The number of nitro groups is 1. The zero-order valence-corrected chi connectivity index (χ0v) is 17.3. The van der Waals surface area contributed by atoms with E-state index in [0.717, 1.165) is 6.07 Å². The Kier molecular flexibility index (Phi) is 6.91. The van der Waals surface area contributed by atoms with E-state index in [2.05, 4.69) is 5.32 Å². The quantitative estimate of drug-likeness (QED) is 0.506. The number of nitrogens with one attached hydrogen (secondary N) is 1. The molecular weight excluding hydrogens is 406 g/mol. The third kappa shape index (κ3) is 5.21. The van der Waals surface area contributed by atoms with Crippen molar-refractivity contribution in [1.82, 2.24) is 4.90 Å². The Morgan fingerprint density at radius 1 is 1.13 bits per heavy atom. The molecule has 0 saturated heterocycles. The molecule has 0 saturated carbocycles. The largest absolute Gasteiger partial charge is 0.487 e. The Hall–Kier alpha value is -3.82. The van der Waals surface area contributed by atoms with E-state index in [0.29, 0.717) is 30.4 Å². The van der Waals surface area contributed by atoms with Crippen molar-refractivity contribution in [2.24, 2.45) is 0 Å². The fourth-order valence-electron chi connectivity index (χ4n) is 3.08. The molecule has 2 aromatic rings. The molecule has 0 atom stereocenters. The summed E-state index contributed by atoms with van der Waals surface area (Å²) in [6, 6.07) is 9.03. The van der Waals surface area contributed by atoms with Gasteiger partial charge in [0.25, 0.3) is 5.91 Å². The summed E-state index contributed by atoms with van der Waals surface area (Å²) in [5.74, 6) is 0.322. The van der Waals surface area contributed by atoms with Gasteiger partial charge in [-0.3, -0.25) is 19.7 Å². The molecule has 2 aromatic carbocycles. The second-order valence-corrected chi connectivity index (χ2v) is 6.60. The number of hydrogen-bond acceptors (Lipinski definition) is 7. The molecule has 0 bridgehead atoms. The Balaban J connectivity index is 1.70. The van der Waals surface area contributed by atoms with Crippen molar-refractivity contribution >= 4 is 23.2 Å². The molecule has 164 valence electrons. The predicted octanol–water partition coefficient (Wildman–Crippen LogP) is 2.87. The predicted molar refractivity (Wildman–Crippen MR) is 112 cm³/mol. The normalized spacial score (nSPS) is 12.1. The van der Waals surface area contributed by atoms with Crippen molar-refractivity contribution in [3.05, 3.63) is 52.1 Å². The maximum absolute atomic E-state index is 12.8. The van der Waals surface area contributed by atoms with E-state index in [9.17, 15) is 19.7 Å². The molecule has 0 unspecified atom stereocenters. The summed E-state index contributed by atoms with van der Waals surface area (Å²) in [4.78, 5) is 37.3. The van der Waals surface area contributed by atoms with Gasteiger partial charge in [0.15, 0.2) is 17.2 Å². The highest BCUT2D eigenvalue weighted by Gasteiger charge is 2.23. The van der Waals surface area contributed by atoms with Gasteiger partial charge >= 0.3 is 5.69 Å². The van der Waals surface area contributed by atoms with Crippen LogP contribution in [0.1, 0.15) is 24.2 Å². The fraction of sp³-hybridized carbons (Fsp3) is 0.333. The van der Waals surface area contributed by atoms with Gasteiger partial charge in [0, 0.05) is 29.9 Å². The minimum absolute atomic E-state index is 0.0865. The van der Waals surface area contributed by atoms with Crippen molar-refractivity contribution < 1.29 is 28.7 Å². The number of rotatable bonds is 8. The monoisotopic (exact) mass is 429 g/mol. The van der Waals surface area contributed by atoms with Crippen LogP contribution in [0.4, 0.5) is 11.4 Å². The number of carbonyl (C=O) groups is 2. The van der Waals surface area contributed by atoms with Crippen molar-refractivity contribution in [1.29, 1.82) is 0 Å². The molecule has 0 radical (unpaired) electrons. The van der Waals surface area contributed by atoms with Gasteiger partial charge in [-0.05, 0) is 38.1 Å². The first-order valence-corrected chi connectivity index (χ1v) is 9.83. The highest BCUT2D eigenvalue weighted by Crippen LogP contribution is 2.32. The van der Waals surface area contributed by atoms with Crippen LogP contribution in [0.2, 0.25) is 0 Å². The summed E-state index contributed by atoms with van der Waals surface area (Å²) in [5.41, 5.74) is 0.308. The van der Waals surface area contributed by atoms with Gasteiger partial charge in [-0.25, -0.2) is 0 Å². The third-order valence-corrected chi connectivity index (χ3v) is 4.53. The van der Waals surface area contributed by atoms with E-state index in [1.807, 2.05) is 0 Å². The Labute approximate surface area is 178 Å². The van der Waals surface area contributed by atoms with Gasteiger partial charge in [0.05, 0.1) is 11.5 Å². The number of benzene rings is 2. The van der Waals surface area contributed by atoms with Gasteiger partial charge in [-0.1, -0.05) is 0 Å². The molecule has 3 rings (SSSR count). The lowest BCUT2D eigenvalue weighted by molar-refractivity contribution is -0.385. The minimum atomic E-state index is -0.605. The molecule has 0 fully saturated rings. The lowest BCUT2D eigenvalue weighted by atomic mass is 10.1. The summed E-state index contributed by atoms with van der Waals surface area (Å²) < 4.78 is 16.2. The summed E-state index contributed by atoms with van der Waals surface area (Å²) in [6.07, 6.45) is 0. The smallest absolute Gasteiger partial charge is 0.311 e. The lowest BCUT2D eigenvalue weighted by Gasteiger charge is -2.21. The van der Waals surface area contributed by atoms with Crippen LogP contribution in [0, 0.1) is 10.1 Å². The molecule has 10 heteroatoms. The Morgan fingerprint density at radius 3 is 2.55 bits per heavy atom. The lowest BCUT2D eigenvalue weighted by Crippen LogP contribution is -2.37. The Morgan fingerprint density at radius 2 is 1.87 bits per heavy atom. The van der Waals surface area contributed by atoms with Crippen LogP contribution in [0.5, 0.6) is 17.2 Å². The van der Waals surface area contributed by atoms with Gasteiger partial charge in [0.1, 0.15) is 19.8 Å². The second kappa shape index (κ2) is 9.79. The van der Waals surface area contributed by atoms with Crippen molar-refractivity contribution in [2.75, 3.05) is 38.2 Å². The van der Waals surface area contributed by atoms with Crippen LogP contribution in [-0.4, -0.2) is 54.5 Å². The summed E-state index contributed by atoms with van der Waals surface area (Å²) in [6.45, 7) is 4.61. The van der Waals surface area contributed by atoms with E-state index in [1.165, 1.54) is 17.0 Å². The van der Waals surface area contributed by atoms with E-state index < -0.39 is 16.7 Å². The molecule has 2 amide bonds. The SMILES string of the molecule is CCOc1ccc(C(=O)N(CC)CC(=O)Nc2ccc3c(c2)OCCO3)cc1[N+](=O)[O-]. The zero-order valence-electron chi connectivity index (χ0n) is 17.3. The molecule has 0 spiro atoms. The molecule has 1 aliphatic rings. The third-order valence-electron chi connectivity index (χ3n) is 4.53. The van der Waals surface area contributed by atoms with Crippen LogP contribution in [0.25, 0.3) is 0 Å². The van der Waals surface area contributed by atoms with Crippen molar-refractivity contribution in [3.63, 3.8) is 0 Å². The summed E-state index contributed by atoms with van der Waals surface area (Å²) >= 11 is 0. The topological polar surface area (TPSA) is 120 Å². The molecular formula is C21H23N3O7. The van der Waals surface area contributed by atoms with Crippen molar-refractivity contribution in [3.8, 4) is 17.2 Å². The molecule has 31 heavy (non-hydrogen) atoms. The number of ether oxygens (including phenoxy) is 3. The number of fused-ring (bicyclic) bond motifs is 1. The van der Waals surface area contributed by atoms with Gasteiger partial charge in [-0.2, -0.15) is 0 Å². The standard InChI is InChI=1S/C21H23N3O7/c1-3-23(21(26)14-5-7-17(29-4-2)16(11-14)24(27)28)13-20(25)22-15-6-8-18-19(12-15)31-10-9-30-18/h5-8,11-12H,3-4,9-10,13H2,1-2H3,(H,22,25). The van der Waals surface area contributed by atoms with Gasteiger partial charge in [-0.15, -0.1) is 0 Å². The molecule has 0 aromatic heterocycles. The van der Waals surface area contributed by atoms with Gasteiger partial charge in [0.2, 0.25) is 5.91 Å². The van der Waals surface area contributed by atoms with E-state index >= 15 is 0 Å². The molecule has 10 nitrogen and oxygen atoms in total. The molecule has 1 heterocycles. The van der Waals surface area contributed by atoms with Crippen LogP contribution in [0.15, 0.2) is 36.4 Å². The molecule has 1 N–H and O–H groups in total. The van der Waals surface area contributed by atoms with E-state index in [4.69, 9.17) is 14.2 Å². The first kappa shape index (κ1) is 21.9. The Bertz CT molecular complexity index is 993. The number of likely N-dealkylation sites (N-methyl/N-ethyl adjacent to an activating group) is 1. The van der Waals surface area contributed by atoms with E-state index in [-0.39, 0.29) is 36.7 Å². The van der Waals surface area contributed by atoms with Crippen LogP contribution < -0.4 is 19.5 Å². The van der Waals surface area contributed by atoms with Crippen molar-refractivity contribution in [2.45, 2.75) is 13.8 Å². The zero-order chi connectivity index (χ0) is 22.4. The average molecular weight is 429 g/mol. The number of amides is 2. The maximum Gasteiger partial charge on any atom is 0.311 e. The molecule has 1 aliphatic heterocycles. The first-order chi connectivity index (χ1) is 14.9. The highest BCUT2D eigenvalue weighted by atomic mass is 16.6. The van der Waals surface area contributed by atoms with Gasteiger partial charge < -0.3 is 24.4 Å². The van der Waals surface area contributed by atoms with Crippen LogP contribution >= 0.6 is 0 Å². The summed E-state index contributed by atoms with van der Waals surface area (Å²) in [5, 5.41) is 14.0. The number of nitro benzene ring substituents is 1. The van der Waals surface area contributed by atoms with Crippen LogP contribution in [0.3, 0.4) is 0 Å². The highest BCUT2D eigenvalue weighted by molar-refractivity contribution is 6.00. The van der Waals surface area contributed by atoms with E-state index in [1.54, 1.807) is 32.0 Å². The molecule has 0 aliphatic carbocycles. The average Bonchev–Trinajstić information content (AvgIpc) is 2.77. The maximum atomic E-state index is 12.8. The number of nitrogens with zero attached hydrogens (tertiary/aromatic N) is 2. The number of anilines is 1. The second-order valence-electron chi connectivity index (χ2n) is 6.60. The van der Waals surface area contributed by atoms with Crippen LogP contribution in [-0.2, 0) is 4.79 Å².